The SMILES string of the molecule is CSC(Nc1ccccc1C)=C1CN(C(=O)O)CCC1=O. The Morgan fingerprint density at radius 1 is 1.38 bits per heavy atom. The largest absolute Gasteiger partial charge is 0.465 e. The number of rotatable bonds is 3. The van der Waals surface area contributed by atoms with Gasteiger partial charge in [-0.3, -0.25) is 4.79 Å². The topological polar surface area (TPSA) is 69.6 Å². The number of likely N-dealkylation sites (tertiary alicyclic amines) is 1. The van der Waals surface area contributed by atoms with Crippen molar-refractivity contribution in [2.75, 3.05) is 24.7 Å². The van der Waals surface area contributed by atoms with E-state index in [4.69, 9.17) is 5.11 Å². The molecule has 0 aromatic heterocycles. The molecule has 1 aromatic carbocycles. The second-order valence-corrected chi connectivity index (χ2v) is 5.65. The summed E-state index contributed by atoms with van der Waals surface area (Å²) >= 11 is 1.43. The quantitative estimate of drug-likeness (QED) is 0.840. The number of aryl methyl sites for hydroxylation is 1. The van der Waals surface area contributed by atoms with Crippen molar-refractivity contribution in [1.29, 1.82) is 0 Å². The first kappa shape index (κ1) is 15.4. The molecule has 0 unspecified atom stereocenters. The highest BCUT2D eigenvalue weighted by Crippen LogP contribution is 2.26. The second kappa shape index (κ2) is 6.67. The second-order valence-electron chi connectivity index (χ2n) is 4.83. The molecule has 0 spiro atoms. The zero-order valence-corrected chi connectivity index (χ0v) is 12.9. The Balaban J connectivity index is 2.30. The maximum atomic E-state index is 12.1. The number of carbonyl (C=O) groups excluding carboxylic acids is 1. The standard InChI is InChI=1S/C15H18N2O3S/c1-10-5-3-4-6-12(10)16-14(21-2)11-9-17(15(19)20)8-7-13(11)18/h3-6,16H,7-9H2,1-2H3,(H,19,20). The highest BCUT2D eigenvalue weighted by atomic mass is 32.2. The first-order chi connectivity index (χ1) is 10.0. The summed E-state index contributed by atoms with van der Waals surface area (Å²) in [5.74, 6) is 0.0120. The van der Waals surface area contributed by atoms with E-state index in [9.17, 15) is 9.59 Å². The van der Waals surface area contributed by atoms with Crippen LogP contribution in [-0.2, 0) is 4.79 Å². The number of thioether (sulfide) groups is 1. The van der Waals surface area contributed by atoms with E-state index in [1.165, 1.54) is 16.7 Å². The first-order valence-electron chi connectivity index (χ1n) is 6.63. The van der Waals surface area contributed by atoms with Gasteiger partial charge in [-0.25, -0.2) is 4.79 Å². The summed E-state index contributed by atoms with van der Waals surface area (Å²) in [4.78, 5) is 24.5. The van der Waals surface area contributed by atoms with Crippen LogP contribution in [0.3, 0.4) is 0 Å². The molecule has 5 nitrogen and oxygen atoms in total. The highest BCUT2D eigenvalue weighted by Gasteiger charge is 2.27. The molecule has 112 valence electrons. The molecule has 1 aliphatic rings. The number of carboxylic acid groups (broad SMARTS) is 1. The zero-order valence-electron chi connectivity index (χ0n) is 12.0. The van der Waals surface area contributed by atoms with Crippen molar-refractivity contribution in [3.8, 4) is 0 Å². The van der Waals surface area contributed by atoms with E-state index in [-0.39, 0.29) is 25.3 Å². The molecule has 0 radical (unpaired) electrons. The van der Waals surface area contributed by atoms with Crippen LogP contribution in [-0.4, -0.2) is 41.2 Å². The minimum absolute atomic E-state index is 0.0120. The molecule has 0 atom stereocenters. The molecule has 1 saturated heterocycles. The van der Waals surface area contributed by atoms with Gasteiger partial charge in [0.2, 0.25) is 0 Å². The van der Waals surface area contributed by atoms with Crippen molar-refractivity contribution in [2.45, 2.75) is 13.3 Å². The number of para-hydroxylation sites is 1. The molecule has 1 aliphatic heterocycles. The van der Waals surface area contributed by atoms with Crippen LogP contribution in [0, 0.1) is 6.92 Å². The van der Waals surface area contributed by atoms with Gasteiger partial charge in [0, 0.05) is 24.2 Å². The number of ketones is 1. The summed E-state index contributed by atoms with van der Waals surface area (Å²) in [6.07, 6.45) is 1.12. The van der Waals surface area contributed by atoms with Gasteiger partial charge >= 0.3 is 6.09 Å². The Bertz CT molecular complexity index is 598. The van der Waals surface area contributed by atoms with E-state index in [2.05, 4.69) is 5.32 Å². The summed E-state index contributed by atoms with van der Waals surface area (Å²) in [6, 6.07) is 7.79. The molecule has 1 fully saturated rings. The molecule has 6 heteroatoms. The predicted molar refractivity (Wildman–Crippen MR) is 84.6 cm³/mol. The number of hydrogen-bond acceptors (Lipinski definition) is 4. The molecule has 21 heavy (non-hydrogen) atoms. The molecular weight excluding hydrogens is 288 g/mol. The number of Topliss-reactive ketones (excluding diaryl/α,β-unsaturated/α-hetero) is 1. The highest BCUT2D eigenvalue weighted by molar-refractivity contribution is 8.02. The Kier molecular flexibility index (Phi) is 4.90. The minimum atomic E-state index is -0.989. The normalized spacial score (nSPS) is 17.6. The predicted octanol–water partition coefficient (Wildman–Crippen LogP) is 2.93. The average Bonchev–Trinajstić information content (AvgIpc) is 2.47. The Morgan fingerprint density at radius 3 is 2.71 bits per heavy atom. The Hall–Kier alpha value is -1.95. The van der Waals surface area contributed by atoms with E-state index in [0.717, 1.165) is 16.3 Å². The minimum Gasteiger partial charge on any atom is -0.465 e. The molecule has 2 rings (SSSR count). The molecule has 2 N–H and O–H groups in total. The third-order valence-corrected chi connectivity index (χ3v) is 4.19. The van der Waals surface area contributed by atoms with Crippen molar-refractivity contribution in [3.63, 3.8) is 0 Å². The maximum absolute atomic E-state index is 12.1. The lowest BCUT2D eigenvalue weighted by Gasteiger charge is -2.27. The van der Waals surface area contributed by atoms with Crippen LogP contribution in [0.4, 0.5) is 10.5 Å². The summed E-state index contributed by atoms with van der Waals surface area (Å²) in [7, 11) is 0. The number of carbonyl (C=O) groups is 2. The fraction of sp³-hybridized carbons (Fsp3) is 0.333. The lowest BCUT2D eigenvalue weighted by molar-refractivity contribution is -0.117. The van der Waals surface area contributed by atoms with Crippen molar-refractivity contribution in [3.05, 3.63) is 40.4 Å². The van der Waals surface area contributed by atoms with Crippen LogP contribution >= 0.6 is 11.8 Å². The van der Waals surface area contributed by atoms with Gasteiger partial charge in [-0.05, 0) is 24.8 Å². The smallest absolute Gasteiger partial charge is 0.407 e. The van der Waals surface area contributed by atoms with E-state index in [0.29, 0.717) is 5.57 Å². The lowest BCUT2D eigenvalue weighted by atomic mass is 10.0. The van der Waals surface area contributed by atoms with Crippen molar-refractivity contribution in [1.82, 2.24) is 4.90 Å². The molecule has 0 aliphatic carbocycles. The van der Waals surface area contributed by atoms with Crippen molar-refractivity contribution < 1.29 is 14.7 Å². The molecule has 0 bridgehead atoms. The monoisotopic (exact) mass is 306 g/mol. The maximum Gasteiger partial charge on any atom is 0.407 e. The van der Waals surface area contributed by atoms with Gasteiger partial charge in [0.25, 0.3) is 0 Å². The lowest BCUT2D eigenvalue weighted by Crippen LogP contribution is -2.40. The molecule has 1 heterocycles. The number of anilines is 1. The molecule has 1 aromatic rings. The molecule has 1 amide bonds. The number of nitrogens with zero attached hydrogens (tertiary/aromatic N) is 1. The van der Waals surface area contributed by atoms with Crippen LogP contribution < -0.4 is 5.32 Å². The summed E-state index contributed by atoms with van der Waals surface area (Å²) in [5, 5.41) is 13.1. The van der Waals surface area contributed by atoms with E-state index < -0.39 is 6.09 Å². The van der Waals surface area contributed by atoms with Crippen molar-refractivity contribution >= 4 is 29.3 Å². The number of benzene rings is 1. The van der Waals surface area contributed by atoms with Gasteiger partial charge in [-0.1, -0.05) is 18.2 Å². The van der Waals surface area contributed by atoms with Gasteiger partial charge in [0.05, 0.1) is 11.6 Å². The third-order valence-electron chi connectivity index (χ3n) is 3.44. The number of nitrogens with one attached hydrogen (secondary N) is 1. The molecular formula is C15H18N2O3S. The molecule has 0 saturated carbocycles. The number of amides is 1. The fourth-order valence-corrected chi connectivity index (χ4v) is 2.83. The van der Waals surface area contributed by atoms with Gasteiger partial charge in [0.1, 0.15) is 0 Å². The summed E-state index contributed by atoms with van der Waals surface area (Å²) in [6.45, 7) is 2.39. The van der Waals surface area contributed by atoms with Gasteiger partial charge in [-0.15, -0.1) is 11.8 Å². The van der Waals surface area contributed by atoms with Crippen LogP contribution in [0.1, 0.15) is 12.0 Å². The Labute approximate surface area is 128 Å². The van der Waals surface area contributed by atoms with E-state index in [1.807, 2.05) is 37.4 Å². The number of hydrogen-bond donors (Lipinski definition) is 2. The van der Waals surface area contributed by atoms with Gasteiger partial charge in [0.15, 0.2) is 5.78 Å². The first-order valence-corrected chi connectivity index (χ1v) is 7.86. The Morgan fingerprint density at radius 2 is 2.10 bits per heavy atom. The van der Waals surface area contributed by atoms with Crippen LogP contribution in [0.2, 0.25) is 0 Å². The fourth-order valence-electron chi connectivity index (χ4n) is 2.19. The zero-order chi connectivity index (χ0) is 15.4. The number of piperidine rings is 1. The summed E-state index contributed by atoms with van der Waals surface area (Å²) < 4.78 is 0. The van der Waals surface area contributed by atoms with Crippen molar-refractivity contribution in [2.24, 2.45) is 0 Å². The van der Waals surface area contributed by atoms with E-state index in [1.54, 1.807) is 0 Å². The average molecular weight is 306 g/mol. The van der Waals surface area contributed by atoms with Gasteiger partial charge < -0.3 is 15.3 Å². The van der Waals surface area contributed by atoms with Crippen LogP contribution in [0.25, 0.3) is 0 Å². The third kappa shape index (κ3) is 3.58. The van der Waals surface area contributed by atoms with Gasteiger partial charge in [-0.2, -0.15) is 0 Å². The summed E-state index contributed by atoms with van der Waals surface area (Å²) in [5.41, 5.74) is 2.54. The van der Waals surface area contributed by atoms with E-state index >= 15 is 0 Å². The van der Waals surface area contributed by atoms with Crippen LogP contribution in [0.5, 0.6) is 0 Å². The van der Waals surface area contributed by atoms with Crippen LogP contribution in [0.15, 0.2) is 34.9 Å².